The second-order valence-corrected chi connectivity index (χ2v) is 8.59. The van der Waals surface area contributed by atoms with Crippen LogP contribution in [-0.4, -0.2) is 18.9 Å². The Balaban J connectivity index is 3.01. The van der Waals surface area contributed by atoms with Crippen molar-refractivity contribution in [2.75, 3.05) is 0 Å². The molecular formula is C13H21ClN2O2S. The van der Waals surface area contributed by atoms with E-state index in [2.05, 4.69) is 30.5 Å². The Labute approximate surface area is 120 Å². The molecular weight excluding hydrogens is 284 g/mol. The highest BCUT2D eigenvalue weighted by molar-refractivity contribution is 7.89. The summed E-state index contributed by atoms with van der Waals surface area (Å²) in [7, 11) is -3.67. The van der Waals surface area contributed by atoms with Crippen molar-refractivity contribution in [2.45, 2.75) is 51.5 Å². The summed E-state index contributed by atoms with van der Waals surface area (Å²) in [5.41, 5.74) is -0.541. The minimum Gasteiger partial charge on any atom is -0.263 e. The third-order valence-corrected chi connectivity index (χ3v) is 4.57. The zero-order valence-electron chi connectivity index (χ0n) is 12.0. The van der Waals surface area contributed by atoms with Gasteiger partial charge in [0.1, 0.15) is 4.90 Å². The first-order chi connectivity index (χ1) is 8.43. The van der Waals surface area contributed by atoms with Gasteiger partial charge in [0.25, 0.3) is 0 Å². The Morgan fingerprint density at radius 1 is 1.26 bits per heavy atom. The predicted octanol–water partition coefficient (Wildman–Crippen LogP) is 3.23. The van der Waals surface area contributed by atoms with Crippen LogP contribution in [-0.2, 0) is 10.0 Å². The highest BCUT2D eigenvalue weighted by Gasteiger charge is 2.31. The average molecular weight is 305 g/mol. The SMILES string of the molecule is CC(C)(C)CC(C)(C)NS(=O)(=O)c1cnccc1Cl. The summed E-state index contributed by atoms with van der Waals surface area (Å²) >= 11 is 5.91. The van der Waals surface area contributed by atoms with Crippen LogP contribution in [0.15, 0.2) is 23.4 Å². The van der Waals surface area contributed by atoms with E-state index < -0.39 is 15.6 Å². The van der Waals surface area contributed by atoms with Crippen LogP contribution in [0.2, 0.25) is 5.02 Å². The van der Waals surface area contributed by atoms with Crippen molar-refractivity contribution in [3.8, 4) is 0 Å². The fourth-order valence-corrected chi connectivity index (χ4v) is 4.19. The molecule has 0 unspecified atom stereocenters. The third-order valence-electron chi connectivity index (χ3n) is 2.41. The minimum atomic E-state index is -3.67. The average Bonchev–Trinajstić information content (AvgIpc) is 2.11. The number of nitrogens with zero attached hydrogens (tertiary/aromatic N) is 1. The first-order valence-electron chi connectivity index (χ1n) is 6.06. The number of nitrogens with one attached hydrogen (secondary N) is 1. The van der Waals surface area contributed by atoms with Crippen molar-refractivity contribution >= 4 is 21.6 Å². The van der Waals surface area contributed by atoms with Gasteiger partial charge in [-0.1, -0.05) is 32.4 Å². The second kappa shape index (κ2) is 5.38. The summed E-state index contributed by atoms with van der Waals surface area (Å²) in [4.78, 5) is 3.83. The van der Waals surface area contributed by atoms with E-state index in [1.807, 2.05) is 13.8 Å². The van der Waals surface area contributed by atoms with Crippen LogP contribution in [0.4, 0.5) is 0 Å². The largest absolute Gasteiger partial charge is 0.263 e. The van der Waals surface area contributed by atoms with E-state index in [1.54, 1.807) is 0 Å². The van der Waals surface area contributed by atoms with Crippen LogP contribution >= 0.6 is 11.6 Å². The lowest BCUT2D eigenvalue weighted by Gasteiger charge is -2.33. The van der Waals surface area contributed by atoms with Gasteiger partial charge in [-0.2, -0.15) is 0 Å². The summed E-state index contributed by atoms with van der Waals surface area (Å²) in [6.45, 7) is 9.93. The molecule has 0 radical (unpaired) electrons. The second-order valence-electron chi connectivity index (χ2n) is 6.53. The topological polar surface area (TPSA) is 59.1 Å². The van der Waals surface area contributed by atoms with Crippen molar-refractivity contribution in [2.24, 2.45) is 5.41 Å². The van der Waals surface area contributed by atoms with Crippen molar-refractivity contribution in [1.82, 2.24) is 9.71 Å². The summed E-state index contributed by atoms with van der Waals surface area (Å²) in [6.07, 6.45) is 3.43. The maximum absolute atomic E-state index is 12.3. The molecule has 0 spiro atoms. The molecule has 6 heteroatoms. The van der Waals surface area contributed by atoms with Crippen molar-refractivity contribution < 1.29 is 8.42 Å². The van der Waals surface area contributed by atoms with Crippen molar-refractivity contribution in [3.05, 3.63) is 23.5 Å². The first kappa shape index (κ1) is 16.4. The van der Waals surface area contributed by atoms with Gasteiger partial charge in [-0.05, 0) is 31.7 Å². The van der Waals surface area contributed by atoms with Crippen LogP contribution in [0.5, 0.6) is 0 Å². The maximum Gasteiger partial charge on any atom is 0.244 e. The monoisotopic (exact) mass is 304 g/mol. The molecule has 108 valence electrons. The highest BCUT2D eigenvalue weighted by atomic mass is 35.5. The van der Waals surface area contributed by atoms with Gasteiger partial charge in [0.15, 0.2) is 0 Å². The molecule has 1 N–H and O–H groups in total. The quantitative estimate of drug-likeness (QED) is 0.929. The number of rotatable bonds is 4. The molecule has 0 aliphatic rings. The Kier molecular flexibility index (Phi) is 4.65. The maximum atomic E-state index is 12.3. The van der Waals surface area contributed by atoms with Gasteiger partial charge in [-0.3, -0.25) is 4.98 Å². The molecule has 4 nitrogen and oxygen atoms in total. The predicted molar refractivity (Wildman–Crippen MR) is 77.7 cm³/mol. The van der Waals surface area contributed by atoms with Gasteiger partial charge in [0.2, 0.25) is 10.0 Å². The smallest absolute Gasteiger partial charge is 0.244 e. The molecule has 0 bridgehead atoms. The van der Waals surface area contributed by atoms with Gasteiger partial charge in [-0.15, -0.1) is 0 Å². The number of aromatic nitrogens is 1. The molecule has 0 aliphatic carbocycles. The van der Waals surface area contributed by atoms with E-state index in [-0.39, 0.29) is 15.3 Å². The molecule has 1 aromatic heterocycles. The fourth-order valence-electron chi connectivity index (χ4n) is 2.34. The molecule has 0 aromatic carbocycles. The van der Waals surface area contributed by atoms with E-state index in [0.29, 0.717) is 6.42 Å². The molecule has 0 aliphatic heterocycles. The first-order valence-corrected chi connectivity index (χ1v) is 7.93. The van der Waals surface area contributed by atoms with Gasteiger partial charge in [0, 0.05) is 17.9 Å². The highest BCUT2D eigenvalue weighted by Crippen LogP contribution is 2.29. The molecule has 0 amide bonds. The van der Waals surface area contributed by atoms with E-state index >= 15 is 0 Å². The normalized spacial score (nSPS) is 13.6. The summed E-state index contributed by atoms with van der Waals surface area (Å²) in [5, 5.41) is 0.175. The molecule has 1 aromatic rings. The lowest BCUT2D eigenvalue weighted by atomic mass is 9.82. The molecule has 0 fully saturated rings. The molecule has 1 rings (SSSR count). The van der Waals surface area contributed by atoms with Gasteiger partial charge >= 0.3 is 0 Å². The lowest BCUT2D eigenvalue weighted by Crippen LogP contribution is -2.45. The molecule has 0 saturated carbocycles. The zero-order chi connectivity index (χ0) is 14.9. The van der Waals surface area contributed by atoms with Gasteiger partial charge in [0.05, 0.1) is 5.02 Å². The van der Waals surface area contributed by atoms with Crippen LogP contribution in [0, 0.1) is 5.41 Å². The number of hydrogen-bond acceptors (Lipinski definition) is 3. The minimum absolute atomic E-state index is 0.0126. The Hall–Kier alpha value is -0.650. The fraction of sp³-hybridized carbons (Fsp3) is 0.615. The van der Waals surface area contributed by atoms with E-state index in [0.717, 1.165) is 0 Å². The lowest BCUT2D eigenvalue weighted by molar-refractivity contribution is 0.269. The number of pyridine rings is 1. The van der Waals surface area contributed by atoms with Crippen molar-refractivity contribution in [3.63, 3.8) is 0 Å². The van der Waals surface area contributed by atoms with E-state index in [1.165, 1.54) is 18.5 Å². The van der Waals surface area contributed by atoms with Crippen LogP contribution in [0.3, 0.4) is 0 Å². The molecule has 19 heavy (non-hydrogen) atoms. The Morgan fingerprint density at radius 2 is 1.84 bits per heavy atom. The summed E-state index contributed by atoms with van der Waals surface area (Å²) < 4.78 is 27.3. The molecule has 1 heterocycles. The summed E-state index contributed by atoms with van der Waals surface area (Å²) in [6, 6.07) is 1.47. The standard InChI is InChI=1S/C13H21ClN2O2S/c1-12(2,3)9-13(4,5)16-19(17,18)11-8-15-7-6-10(11)14/h6-8,16H,9H2,1-5H3. The molecule has 0 saturated heterocycles. The van der Waals surface area contributed by atoms with Crippen LogP contribution < -0.4 is 4.72 Å². The van der Waals surface area contributed by atoms with Crippen LogP contribution in [0.25, 0.3) is 0 Å². The Bertz CT molecular complexity index is 548. The Morgan fingerprint density at radius 3 is 2.32 bits per heavy atom. The summed E-state index contributed by atoms with van der Waals surface area (Å²) in [5.74, 6) is 0. The number of halogens is 1. The van der Waals surface area contributed by atoms with Crippen LogP contribution in [0.1, 0.15) is 41.0 Å². The number of hydrogen-bond donors (Lipinski definition) is 1. The zero-order valence-corrected chi connectivity index (χ0v) is 13.6. The van der Waals surface area contributed by atoms with Crippen molar-refractivity contribution in [1.29, 1.82) is 0 Å². The van der Waals surface area contributed by atoms with Gasteiger partial charge < -0.3 is 0 Å². The van der Waals surface area contributed by atoms with Gasteiger partial charge in [-0.25, -0.2) is 13.1 Å². The van der Waals surface area contributed by atoms with E-state index in [4.69, 9.17) is 11.6 Å². The number of sulfonamides is 1. The third kappa shape index (κ3) is 5.09. The van der Waals surface area contributed by atoms with E-state index in [9.17, 15) is 8.42 Å². The molecule has 0 atom stereocenters.